The fraction of sp³-hybridized carbons (Fsp3) is 0.500. The lowest BCUT2D eigenvalue weighted by atomic mass is 10.1. The van der Waals surface area contributed by atoms with Crippen molar-refractivity contribution < 1.29 is 0 Å². The van der Waals surface area contributed by atoms with Gasteiger partial charge in [-0.2, -0.15) is 0 Å². The summed E-state index contributed by atoms with van der Waals surface area (Å²) in [6.45, 7) is 7.36. The Morgan fingerprint density at radius 1 is 1.28 bits per heavy atom. The predicted molar refractivity (Wildman–Crippen MR) is 81.2 cm³/mol. The Bertz CT molecular complexity index is 416. The molecule has 1 atom stereocenters. The van der Waals surface area contributed by atoms with Gasteiger partial charge in [0, 0.05) is 38.4 Å². The van der Waals surface area contributed by atoms with Gasteiger partial charge in [-0.1, -0.05) is 17.7 Å². The molecule has 3 nitrogen and oxygen atoms in total. The van der Waals surface area contributed by atoms with Gasteiger partial charge in [-0.25, -0.2) is 0 Å². The first kappa shape index (κ1) is 13.1. The average Bonchev–Trinajstić information content (AvgIpc) is 2.39. The Morgan fingerprint density at radius 3 is 2.50 bits per heavy atom. The van der Waals surface area contributed by atoms with E-state index in [0.29, 0.717) is 6.04 Å². The minimum Gasteiger partial charge on any atom is -0.366 e. The molecule has 0 saturated carbocycles. The molecule has 0 aliphatic carbocycles. The molecule has 18 heavy (non-hydrogen) atoms. The van der Waals surface area contributed by atoms with E-state index in [1.807, 2.05) is 7.05 Å². The molecule has 0 amide bonds. The van der Waals surface area contributed by atoms with Crippen molar-refractivity contribution in [1.82, 2.24) is 10.2 Å². The van der Waals surface area contributed by atoms with E-state index in [-0.39, 0.29) is 0 Å². The van der Waals surface area contributed by atoms with Gasteiger partial charge in [0.1, 0.15) is 0 Å². The van der Waals surface area contributed by atoms with Gasteiger partial charge < -0.3 is 15.1 Å². The Hall–Kier alpha value is -1.29. The van der Waals surface area contributed by atoms with Crippen LogP contribution >= 0.6 is 12.2 Å². The van der Waals surface area contributed by atoms with Crippen molar-refractivity contribution in [3.05, 3.63) is 29.8 Å². The Balaban J connectivity index is 2.05. The highest BCUT2D eigenvalue weighted by Crippen LogP contribution is 2.21. The molecular formula is C14H21N3S. The molecule has 2 rings (SSSR count). The van der Waals surface area contributed by atoms with Crippen LogP contribution < -0.4 is 10.2 Å². The normalized spacial score (nSPS) is 19.8. The zero-order chi connectivity index (χ0) is 13.1. The lowest BCUT2D eigenvalue weighted by molar-refractivity contribution is 0.336. The van der Waals surface area contributed by atoms with Crippen molar-refractivity contribution in [2.24, 2.45) is 0 Å². The third-order valence-corrected chi connectivity index (χ3v) is 3.96. The van der Waals surface area contributed by atoms with Crippen molar-refractivity contribution in [3.8, 4) is 0 Å². The maximum Gasteiger partial charge on any atom is 0.168 e. The fourth-order valence-electron chi connectivity index (χ4n) is 2.42. The minimum absolute atomic E-state index is 0.479. The third kappa shape index (κ3) is 2.75. The Morgan fingerprint density at radius 2 is 1.94 bits per heavy atom. The highest BCUT2D eigenvalue weighted by molar-refractivity contribution is 7.80. The van der Waals surface area contributed by atoms with Gasteiger partial charge >= 0.3 is 0 Å². The first-order chi connectivity index (χ1) is 8.61. The standard InChI is InChI=1S/C14H21N3S/c1-11-4-6-13(7-5-11)17-9-8-16(10-12(17)2)14(18)15-3/h4-7,12H,8-10H2,1-3H3,(H,15,18). The van der Waals surface area contributed by atoms with Gasteiger partial charge in [-0.3, -0.25) is 0 Å². The van der Waals surface area contributed by atoms with Crippen molar-refractivity contribution in [2.75, 3.05) is 31.6 Å². The van der Waals surface area contributed by atoms with Crippen LogP contribution in [0.15, 0.2) is 24.3 Å². The van der Waals surface area contributed by atoms with Crippen molar-refractivity contribution in [2.45, 2.75) is 19.9 Å². The average molecular weight is 263 g/mol. The number of thiocarbonyl (C=S) groups is 1. The third-order valence-electron chi connectivity index (χ3n) is 3.49. The molecule has 1 heterocycles. The Kier molecular flexibility index (Phi) is 4.07. The maximum absolute atomic E-state index is 5.30. The van der Waals surface area contributed by atoms with Crippen molar-refractivity contribution in [3.63, 3.8) is 0 Å². The zero-order valence-electron chi connectivity index (χ0n) is 11.3. The summed E-state index contributed by atoms with van der Waals surface area (Å²) >= 11 is 5.30. The molecule has 1 aromatic rings. The maximum atomic E-state index is 5.30. The van der Waals surface area contributed by atoms with Gasteiger partial charge in [0.25, 0.3) is 0 Å². The molecule has 98 valence electrons. The number of nitrogens with zero attached hydrogens (tertiary/aromatic N) is 2. The molecule has 1 saturated heterocycles. The lowest BCUT2D eigenvalue weighted by Gasteiger charge is -2.42. The number of hydrogen-bond acceptors (Lipinski definition) is 2. The van der Waals surface area contributed by atoms with Gasteiger partial charge in [0.05, 0.1) is 0 Å². The van der Waals surface area contributed by atoms with Crippen molar-refractivity contribution in [1.29, 1.82) is 0 Å². The highest BCUT2D eigenvalue weighted by Gasteiger charge is 2.24. The summed E-state index contributed by atoms with van der Waals surface area (Å²) in [4.78, 5) is 4.69. The van der Waals surface area contributed by atoms with Crippen LogP contribution in [-0.2, 0) is 0 Å². The first-order valence-electron chi connectivity index (χ1n) is 6.42. The van der Waals surface area contributed by atoms with E-state index in [9.17, 15) is 0 Å². The minimum atomic E-state index is 0.479. The van der Waals surface area contributed by atoms with E-state index >= 15 is 0 Å². The van der Waals surface area contributed by atoms with Gasteiger partial charge in [-0.15, -0.1) is 0 Å². The second-order valence-electron chi connectivity index (χ2n) is 4.88. The number of anilines is 1. The second kappa shape index (κ2) is 5.57. The number of piperazine rings is 1. The van der Waals surface area contributed by atoms with Gasteiger partial charge in [-0.05, 0) is 38.2 Å². The molecule has 1 unspecified atom stereocenters. The molecule has 0 aromatic heterocycles. The van der Waals surface area contributed by atoms with Crippen LogP contribution in [0.5, 0.6) is 0 Å². The van der Waals surface area contributed by atoms with E-state index in [2.05, 4.69) is 53.2 Å². The summed E-state index contributed by atoms with van der Waals surface area (Å²) < 4.78 is 0. The molecular weight excluding hydrogens is 242 g/mol. The van der Waals surface area contributed by atoms with Gasteiger partial charge in [0.2, 0.25) is 0 Å². The molecule has 0 bridgehead atoms. The number of benzene rings is 1. The predicted octanol–water partition coefficient (Wildman–Crippen LogP) is 2.01. The molecule has 1 N–H and O–H groups in total. The zero-order valence-corrected chi connectivity index (χ0v) is 12.1. The van der Waals surface area contributed by atoms with E-state index in [4.69, 9.17) is 12.2 Å². The monoisotopic (exact) mass is 263 g/mol. The van der Waals surface area contributed by atoms with E-state index in [1.54, 1.807) is 0 Å². The topological polar surface area (TPSA) is 18.5 Å². The van der Waals surface area contributed by atoms with E-state index < -0.39 is 0 Å². The van der Waals surface area contributed by atoms with Gasteiger partial charge in [0.15, 0.2) is 5.11 Å². The van der Waals surface area contributed by atoms with Crippen molar-refractivity contribution >= 4 is 23.0 Å². The van der Waals surface area contributed by atoms with Crippen LogP contribution in [0.4, 0.5) is 5.69 Å². The summed E-state index contributed by atoms with van der Waals surface area (Å²) in [6.07, 6.45) is 0. The summed E-state index contributed by atoms with van der Waals surface area (Å²) in [5.74, 6) is 0. The molecule has 0 radical (unpaired) electrons. The molecule has 1 aliphatic heterocycles. The van der Waals surface area contributed by atoms with E-state index in [0.717, 1.165) is 24.7 Å². The van der Waals surface area contributed by atoms with E-state index in [1.165, 1.54) is 11.3 Å². The highest BCUT2D eigenvalue weighted by atomic mass is 32.1. The quantitative estimate of drug-likeness (QED) is 0.781. The second-order valence-corrected chi connectivity index (χ2v) is 5.27. The largest absolute Gasteiger partial charge is 0.366 e. The fourth-order valence-corrected chi connectivity index (χ4v) is 2.59. The molecule has 4 heteroatoms. The SMILES string of the molecule is CNC(=S)N1CCN(c2ccc(C)cc2)C(C)C1. The van der Waals surface area contributed by atoms with Crippen LogP contribution in [0.25, 0.3) is 0 Å². The summed E-state index contributed by atoms with van der Waals surface area (Å²) in [5, 5.41) is 3.91. The van der Waals surface area contributed by atoms with Crippen LogP contribution in [0.1, 0.15) is 12.5 Å². The Labute approximate surface area is 115 Å². The van der Waals surface area contributed by atoms with Crippen LogP contribution in [0.2, 0.25) is 0 Å². The number of hydrogen-bond donors (Lipinski definition) is 1. The van der Waals surface area contributed by atoms with Crippen LogP contribution in [0.3, 0.4) is 0 Å². The molecule has 0 spiro atoms. The lowest BCUT2D eigenvalue weighted by Crippen LogP contribution is -2.55. The molecule has 1 aliphatic rings. The smallest absolute Gasteiger partial charge is 0.168 e. The summed E-state index contributed by atoms with van der Waals surface area (Å²) in [5.41, 5.74) is 2.62. The molecule has 1 aromatic carbocycles. The number of rotatable bonds is 1. The summed E-state index contributed by atoms with van der Waals surface area (Å²) in [7, 11) is 1.89. The van der Waals surface area contributed by atoms with Crippen LogP contribution in [-0.4, -0.2) is 42.7 Å². The molecule has 1 fully saturated rings. The number of aryl methyl sites for hydroxylation is 1. The summed E-state index contributed by atoms with van der Waals surface area (Å²) in [6, 6.07) is 9.24. The number of nitrogens with one attached hydrogen (secondary N) is 1. The van der Waals surface area contributed by atoms with Crippen LogP contribution in [0, 0.1) is 6.92 Å². The first-order valence-corrected chi connectivity index (χ1v) is 6.82.